The van der Waals surface area contributed by atoms with Crippen LogP contribution >= 0.6 is 0 Å². The molecule has 0 spiro atoms. The zero-order valence-corrected chi connectivity index (χ0v) is 9.17. The number of fused-ring (bicyclic) bond motifs is 3. The van der Waals surface area contributed by atoms with Crippen molar-refractivity contribution in [3.63, 3.8) is 0 Å². The molecule has 0 radical (unpaired) electrons. The number of aryl methyl sites for hydroxylation is 1. The number of aromatic nitrogens is 3. The van der Waals surface area contributed by atoms with Crippen LogP contribution in [-0.4, -0.2) is 15.2 Å². The quantitative estimate of drug-likeness (QED) is 0.592. The van der Waals surface area contributed by atoms with Crippen molar-refractivity contribution in [3.05, 3.63) is 40.6 Å². The van der Waals surface area contributed by atoms with Crippen molar-refractivity contribution in [2.24, 2.45) is 0 Å². The van der Waals surface area contributed by atoms with E-state index in [1.165, 1.54) is 0 Å². The Morgan fingerprint density at radius 2 is 2.00 bits per heavy atom. The van der Waals surface area contributed by atoms with E-state index in [0.717, 1.165) is 10.9 Å². The van der Waals surface area contributed by atoms with Gasteiger partial charge in [-0.25, -0.2) is 9.78 Å². The molecule has 0 aliphatic heterocycles. The van der Waals surface area contributed by atoms with Crippen LogP contribution in [0.2, 0.25) is 0 Å². The number of benzene rings is 1. The predicted molar refractivity (Wildman–Crippen MR) is 62.8 cm³/mol. The zero-order chi connectivity index (χ0) is 11.8. The molecule has 17 heavy (non-hydrogen) atoms. The third-order valence-electron chi connectivity index (χ3n) is 2.58. The first-order chi connectivity index (χ1) is 8.29. The van der Waals surface area contributed by atoms with Crippen molar-refractivity contribution in [3.8, 4) is 0 Å². The normalized spacial score (nSPS) is 11.1. The van der Waals surface area contributed by atoms with E-state index in [1.54, 1.807) is 0 Å². The van der Waals surface area contributed by atoms with Gasteiger partial charge >= 0.3 is 5.63 Å². The first-order valence-corrected chi connectivity index (χ1v) is 5.34. The molecule has 0 saturated heterocycles. The predicted octanol–water partition coefficient (Wildman–Crippen LogP) is 1.69. The second-order valence-corrected chi connectivity index (χ2v) is 3.66. The molecule has 3 aromatic rings. The summed E-state index contributed by atoms with van der Waals surface area (Å²) in [6.45, 7) is 1.88. The molecule has 3 rings (SSSR count). The molecule has 0 bridgehead atoms. The average Bonchev–Trinajstić information content (AvgIpc) is 2.38. The summed E-state index contributed by atoms with van der Waals surface area (Å²) in [4.78, 5) is 16.0. The second-order valence-electron chi connectivity index (χ2n) is 3.66. The van der Waals surface area contributed by atoms with Crippen LogP contribution in [0.25, 0.3) is 21.9 Å². The Labute approximate surface area is 96.1 Å². The molecule has 0 atom stereocenters. The SMILES string of the molecule is CCc1nc2c(nnc3ccccc32)c(=O)o1. The van der Waals surface area contributed by atoms with Gasteiger partial charge in [-0.05, 0) is 6.07 Å². The number of hydrogen-bond acceptors (Lipinski definition) is 5. The largest absolute Gasteiger partial charge is 0.407 e. The molecule has 84 valence electrons. The molecule has 0 N–H and O–H groups in total. The standard InChI is InChI=1S/C12H9N3O2/c1-2-9-13-10-7-5-3-4-6-8(7)14-15-11(10)12(16)17-9/h3-6H,2H2,1H3. The number of nitrogens with zero attached hydrogens (tertiary/aromatic N) is 3. The molecule has 0 aliphatic carbocycles. The Hall–Kier alpha value is -2.30. The number of rotatable bonds is 1. The molecule has 5 nitrogen and oxygen atoms in total. The Bertz CT molecular complexity index is 764. The summed E-state index contributed by atoms with van der Waals surface area (Å²) in [5.74, 6) is 0.417. The maximum absolute atomic E-state index is 11.7. The van der Waals surface area contributed by atoms with E-state index >= 15 is 0 Å². The topological polar surface area (TPSA) is 68.9 Å². The molecule has 0 unspecified atom stereocenters. The third kappa shape index (κ3) is 1.47. The number of hydrogen-bond donors (Lipinski definition) is 0. The Kier molecular flexibility index (Phi) is 2.11. The summed E-state index contributed by atoms with van der Waals surface area (Å²) >= 11 is 0. The molecule has 1 aromatic carbocycles. The summed E-state index contributed by atoms with van der Waals surface area (Å²) < 4.78 is 5.02. The van der Waals surface area contributed by atoms with Gasteiger partial charge in [0, 0.05) is 11.8 Å². The van der Waals surface area contributed by atoms with Crippen LogP contribution in [0.3, 0.4) is 0 Å². The highest BCUT2D eigenvalue weighted by Gasteiger charge is 2.10. The minimum atomic E-state index is -0.481. The van der Waals surface area contributed by atoms with Crippen LogP contribution in [0.4, 0.5) is 0 Å². The van der Waals surface area contributed by atoms with Gasteiger partial charge in [-0.1, -0.05) is 25.1 Å². The van der Waals surface area contributed by atoms with Gasteiger partial charge in [0.15, 0.2) is 11.4 Å². The van der Waals surface area contributed by atoms with E-state index in [0.29, 0.717) is 17.8 Å². The van der Waals surface area contributed by atoms with Crippen molar-refractivity contribution < 1.29 is 4.42 Å². The Morgan fingerprint density at radius 3 is 2.82 bits per heavy atom. The van der Waals surface area contributed by atoms with Crippen LogP contribution in [0, 0.1) is 0 Å². The lowest BCUT2D eigenvalue weighted by Gasteiger charge is -2.01. The molecule has 2 aromatic heterocycles. The second kappa shape index (κ2) is 3.62. The lowest BCUT2D eigenvalue weighted by Crippen LogP contribution is -2.07. The van der Waals surface area contributed by atoms with Crippen LogP contribution in [0.15, 0.2) is 33.5 Å². The lowest BCUT2D eigenvalue weighted by atomic mass is 10.2. The van der Waals surface area contributed by atoms with Gasteiger partial charge in [-0.3, -0.25) is 0 Å². The van der Waals surface area contributed by atoms with Crippen LogP contribution in [0.1, 0.15) is 12.8 Å². The van der Waals surface area contributed by atoms with Gasteiger partial charge in [0.1, 0.15) is 5.52 Å². The van der Waals surface area contributed by atoms with Gasteiger partial charge in [0.2, 0.25) is 0 Å². The smallest absolute Gasteiger partial charge is 0.367 e. The molecule has 0 fully saturated rings. The van der Waals surface area contributed by atoms with Crippen molar-refractivity contribution in [1.29, 1.82) is 0 Å². The molecule has 0 aliphatic rings. The van der Waals surface area contributed by atoms with E-state index in [1.807, 2.05) is 31.2 Å². The minimum Gasteiger partial charge on any atom is -0.407 e. The van der Waals surface area contributed by atoms with E-state index < -0.39 is 5.63 Å². The molecule has 2 heterocycles. The molecule has 0 amide bonds. The maximum atomic E-state index is 11.7. The summed E-state index contributed by atoms with van der Waals surface area (Å²) in [5, 5.41) is 8.66. The maximum Gasteiger partial charge on any atom is 0.367 e. The van der Waals surface area contributed by atoms with Crippen LogP contribution in [0.5, 0.6) is 0 Å². The van der Waals surface area contributed by atoms with Gasteiger partial charge in [-0.15, -0.1) is 10.2 Å². The van der Waals surface area contributed by atoms with Crippen molar-refractivity contribution in [1.82, 2.24) is 15.2 Å². The first-order valence-electron chi connectivity index (χ1n) is 5.34. The van der Waals surface area contributed by atoms with E-state index in [4.69, 9.17) is 4.42 Å². The summed E-state index contributed by atoms with van der Waals surface area (Å²) in [6, 6.07) is 7.46. The lowest BCUT2D eigenvalue weighted by molar-refractivity contribution is 0.448. The van der Waals surface area contributed by atoms with Gasteiger partial charge in [0.05, 0.1) is 5.52 Å². The van der Waals surface area contributed by atoms with E-state index in [-0.39, 0.29) is 5.52 Å². The van der Waals surface area contributed by atoms with Gasteiger partial charge in [-0.2, -0.15) is 0 Å². The summed E-state index contributed by atoms with van der Waals surface area (Å²) in [6.07, 6.45) is 0.571. The van der Waals surface area contributed by atoms with E-state index in [9.17, 15) is 4.79 Å². The van der Waals surface area contributed by atoms with E-state index in [2.05, 4.69) is 15.2 Å². The highest BCUT2D eigenvalue weighted by atomic mass is 16.4. The fraction of sp³-hybridized carbons (Fsp3) is 0.167. The molecular formula is C12H9N3O2. The zero-order valence-electron chi connectivity index (χ0n) is 9.17. The van der Waals surface area contributed by atoms with Crippen molar-refractivity contribution in [2.75, 3.05) is 0 Å². The fourth-order valence-electron chi connectivity index (χ4n) is 1.74. The molecule has 5 heteroatoms. The fourth-order valence-corrected chi connectivity index (χ4v) is 1.74. The highest BCUT2D eigenvalue weighted by Crippen LogP contribution is 2.17. The van der Waals surface area contributed by atoms with Gasteiger partial charge in [0.25, 0.3) is 0 Å². The molecular weight excluding hydrogens is 218 g/mol. The summed E-state index contributed by atoms with van der Waals surface area (Å²) in [5.41, 5.74) is 0.981. The minimum absolute atomic E-state index is 0.181. The monoisotopic (exact) mass is 227 g/mol. The Morgan fingerprint density at radius 1 is 1.18 bits per heavy atom. The summed E-state index contributed by atoms with van der Waals surface area (Å²) in [7, 11) is 0. The molecule has 0 saturated carbocycles. The Balaban J connectivity index is 2.56. The van der Waals surface area contributed by atoms with Gasteiger partial charge < -0.3 is 4.42 Å². The van der Waals surface area contributed by atoms with Crippen LogP contribution < -0.4 is 5.63 Å². The van der Waals surface area contributed by atoms with Crippen molar-refractivity contribution >= 4 is 21.9 Å². The van der Waals surface area contributed by atoms with Crippen molar-refractivity contribution in [2.45, 2.75) is 13.3 Å². The van der Waals surface area contributed by atoms with Crippen LogP contribution in [-0.2, 0) is 6.42 Å². The first kappa shape index (κ1) is 9.89. The highest BCUT2D eigenvalue weighted by molar-refractivity contribution is 6.00. The third-order valence-corrected chi connectivity index (χ3v) is 2.58. The average molecular weight is 227 g/mol.